The molecule has 1 aliphatic rings. The van der Waals surface area contributed by atoms with E-state index in [4.69, 9.17) is 4.74 Å². The van der Waals surface area contributed by atoms with E-state index in [-0.39, 0.29) is 12.3 Å². The summed E-state index contributed by atoms with van der Waals surface area (Å²) in [7, 11) is 0. The number of amides is 1. The third kappa shape index (κ3) is 5.04. The van der Waals surface area contributed by atoms with Gasteiger partial charge in [0.1, 0.15) is 5.01 Å². The lowest BCUT2D eigenvalue weighted by atomic mass is 10.1. The highest BCUT2D eigenvalue weighted by molar-refractivity contribution is 7.13. The van der Waals surface area contributed by atoms with Gasteiger partial charge in [-0.15, -0.1) is 11.3 Å². The van der Waals surface area contributed by atoms with Gasteiger partial charge in [-0.2, -0.15) is 0 Å². The maximum absolute atomic E-state index is 12.2. The molecule has 2 heterocycles. The van der Waals surface area contributed by atoms with Crippen LogP contribution in [-0.2, 0) is 22.5 Å². The minimum Gasteiger partial charge on any atom is -0.379 e. The summed E-state index contributed by atoms with van der Waals surface area (Å²) >= 11 is 1.57. The van der Waals surface area contributed by atoms with Crippen LogP contribution < -0.4 is 5.32 Å². The highest BCUT2D eigenvalue weighted by Gasteiger charge is 2.12. The van der Waals surface area contributed by atoms with Gasteiger partial charge in [-0.25, -0.2) is 4.98 Å². The van der Waals surface area contributed by atoms with Crippen molar-refractivity contribution in [2.24, 2.45) is 0 Å². The van der Waals surface area contributed by atoms with Gasteiger partial charge in [0.25, 0.3) is 0 Å². The molecule has 4 rings (SSSR count). The number of morpholine rings is 1. The van der Waals surface area contributed by atoms with Crippen molar-refractivity contribution in [1.82, 2.24) is 9.88 Å². The van der Waals surface area contributed by atoms with E-state index in [2.05, 4.69) is 39.5 Å². The Bertz CT molecular complexity index is 903. The van der Waals surface area contributed by atoms with Gasteiger partial charge in [0, 0.05) is 36.3 Å². The molecule has 0 bridgehead atoms. The topological polar surface area (TPSA) is 54.5 Å². The summed E-state index contributed by atoms with van der Waals surface area (Å²) in [6, 6.07) is 18.0. The lowest BCUT2D eigenvalue weighted by Gasteiger charge is -2.26. The molecule has 1 amide bonds. The maximum atomic E-state index is 12.2. The number of nitrogens with one attached hydrogen (secondary N) is 1. The fourth-order valence-electron chi connectivity index (χ4n) is 3.18. The minimum atomic E-state index is -0.0519. The molecule has 1 fully saturated rings. The zero-order chi connectivity index (χ0) is 19.2. The van der Waals surface area contributed by atoms with Crippen molar-refractivity contribution in [2.45, 2.75) is 13.0 Å². The number of benzene rings is 2. The zero-order valence-electron chi connectivity index (χ0n) is 15.6. The Hall–Kier alpha value is -2.54. The van der Waals surface area contributed by atoms with Gasteiger partial charge in [-0.05, 0) is 17.7 Å². The van der Waals surface area contributed by atoms with Crippen LogP contribution in [0.1, 0.15) is 11.3 Å². The Morgan fingerprint density at radius 1 is 1.07 bits per heavy atom. The van der Waals surface area contributed by atoms with E-state index < -0.39 is 0 Å². The SMILES string of the molecule is O=C(Cc1csc(-c2ccc(CN3CCOCC3)cc2)n1)Nc1ccccc1. The lowest BCUT2D eigenvalue weighted by Crippen LogP contribution is -2.35. The predicted octanol–water partition coefficient (Wildman–Crippen LogP) is 3.82. The summed E-state index contributed by atoms with van der Waals surface area (Å²) in [5, 5.41) is 5.80. The van der Waals surface area contributed by atoms with Crippen molar-refractivity contribution in [3.8, 4) is 10.6 Å². The highest BCUT2D eigenvalue weighted by Crippen LogP contribution is 2.25. The fraction of sp³-hybridized carbons (Fsp3) is 0.273. The molecule has 2 aromatic carbocycles. The molecule has 1 saturated heterocycles. The van der Waals surface area contributed by atoms with Gasteiger partial charge in [0.2, 0.25) is 5.91 Å². The van der Waals surface area contributed by atoms with E-state index in [0.717, 1.165) is 54.8 Å². The monoisotopic (exact) mass is 393 g/mol. The van der Waals surface area contributed by atoms with Crippen LogP contribution in [0.15, 0.2) is 60.0 Å². The first-order chi connectivity index (χ1) is 13.8. The summed E-state index contributed by atoms with van der Waals surface area (Å²) in [5.74, 6) is -0.0519. The van der Waals surface area contributed by atoms with Gasteiger partial charge >= 0.3 is 0 Å². The summed E-state index contributed by atoms with van der Waals surface area (Å²) < 4.78 is 5.40. The molecule has 144 valence electrons. The molecule has 5 nitrogen and oxygen atoms in total. The number of nitrogens with zero attached hydrogens (tertiary/aromatic N) is 2. The van der Waals surface area contributed by atoms with Crippen LogP contribution in [0.4, 0.5) is 5.69 Å². The quantitative estimate of drug-likeness (QED) is 0.692. The third-order valence-electron chi connectivity index (χ3n) is 4.66. The predicted molar refractivity (Wildman–Crippen MR) is 112 cm³/mol. The van der Waals surface area contributed by atoms with E-state index in [1.54, 1.807) is 11.3 Å². The first-order valence-corrected chi connectivity index (χ1v) is 10.3. The second-order valence-electron chi connectivity index (χ2n) is 6.82. The molecule has 0 unspecified atom stereocenters. The minimum absolute atomic E-state index is 0.0519. The Balaban J connectivity index is 1.35. The first-order valence-electron chi connectivity index (χ1n) is 9.45. The summed E-state index contributed by atoms with van der Waals surface area (Å²) in [4.78, 5) is 19.2. The normalized spacial score (nSPS) is 14.7. The number of carbonyl (C=O) groups excluding carboxylic acids is 1. The molecular formula is C22H23N3O2S. The Labute approximate surface area is 169 Å². The van der Waals surface area contributed by atoms with E-state index in [1.807, 2.05) is 35.7 Å². The molecule has 28 heavy (non-hydrogen) atoms. The molecule has 3 aromatic rings. The van der Waals surface area contributed by atoms with Crippen molar-refractivity contribution in [3.63, 3.8) is 0 Å². The van der Waals surface area contributed by atoms with Gasteiger partial charge in [0.05, 0.1) is 25.3 Å². The van der Waals surface area contributed by atoms with Crippen molar-refractivity contribution >= 4 is 22.9 Å². The highest BCUT2D eigenvalue weighted by atomic mass is 32.1. The van der Waals surface area contributed by atoms with Gasteiger partial charge in [-0.3, -0.25) is 9.69 Å². The number of para-hydroxylation sites is 1. The summed E-state index contributed by atoms with van der Waals surface area (Å²) in [5.41, 5.74) is 3.99. The first kappa shape index (κ1) is 18.8. The van der Waals surface area contributed by atoms with Crippen molar-refractivity contribution < 1.29 is 9.53 Å². The average Bonchev–Trinajstić information content (AvgIpc) is 3.18. The van der Waals surface area contributed by atoms with Crippen molar-refractivity contribution in [3.05, 3.63) is 71.2 Å². The van der Waals surface area contributed by atoms with Crippen LogP contribution in [0.3, 0.4) is 0 Å². The van der Waals surface area contributed by atoms with Crippen molar-refractivity contribution in [2.75, 3.05) is 31.6 Å². The summed E-state index contributed by atoms with van der Waals surface area (Å²) in [6.07, 6.45) is 0.278. The number of hydrogen-bond donors (Lipinski definition) is 1. The smallest absolute Gasteiger partial charge is 0.230 e. The number of anilines is 1. The second kappa shape index (κ2) is 9.10. The molecule has 1 aliphatic heterocycles. The number of hydrogen-bond acceptors (Lipinski definition) is 5. The van der Waals surface area contributed by atoms with Crippen LogP contribution in [0, 0.1) is 0 Å². The van der Waals surface area contributed by atoms with Crippen LogP contribution in [-0.4, -0.2) is 42.1 Å². The third-order valence-corrected chi connectivity index (χ3v) is 5.60. The number of carbonyl (C=O) groups is 1. The Morgan fingerprint density at radius 3 is 2.57 bits per heavy atom. The van der Waals surface area contributed by atoms with Crippen molar-refractivity contribution in [1.29, 1.82) is 0 Å². The van der Waals surface area contributed by atoms with Crippen LogP contribution in [0.5, 0.6) is 0 Å². The molecule has 0 saturated carbocycles. The number of rotatable bonds is 6. The number of ether oxygens (including phenoxy) is 1. The average molecular weight is 394 g/mol. The molecule has 0 spiro atoms. The van der Waals surface area contributed by atoms with Gasteiger partial charge < -0.3 is 10.1 Å². The lowest BCUT2D eigenvalue weighted by molar-refractivity contribution is -0.115. The largest absolute Gasteiger partial charge is 0.379 e. The molecule has 0 atom stereocenters. The molecular weight excluding hydrogens is 370 g/mol. The standard InChI is InChI=1S/C22H23N3O2S/c26-21(23-19-4-2-1-3-5-19)14-20-16-28-22(24-20)18-8-6-17(7-9-18)15-25-10-12-27-13-11-25/h1-9,16H,10-15H2,(H,23,26). The molecule has 0 radical (unpaired) electrons. The molecule has 1 aromatic heterocycles. The van der Waals surface area contributed by atoms with Gasteiger partial charge in [0.15, 0.2) is 0 Å². The summed E-state index contributed by atoms with van der Waals surface area (Å²) in [6.45, 7) is 4.56. The van der Waals surface area contributed by atoms with E-state index in [0.29, 0.717) is 0 Å². The molecule has 6 heteroatoms. The van der Waals surface area contributed by atoms with Crippen LogP contribution >= 0.6 is 11.3 Å². The van der Waals surface area contributed by atoms with Crippen LogP contribution in [0.2, 0.25) is 0 Å². The van der Waals surface area contributed by atoms with Crippen LogP contribution in [0.25, 0.3) is 10.6 Å². The van der Waals surface area contributed by atoms with E-state index in [1.165, 1.54) is 5.56 Å². The Morgan fingerprint density at radius 2 is 1.82 bits per heavy atom. The fourth-order valence-corrected chi connectivity index (χ4v) is 4.01. The van der Waals surface area contributed by atoms with E-state index in [9.17, 15) is 4.79 Å². The van der Waals surface area contributed by atoms with E-state index >= 15 is 0 Å². The zero-order valence-corrected chi connectivity index (χ0v) is 16.5. The second-order valence-corrected chi connectivity index (χ2v) is 7.68. The number of thiazole rings is 1. The molecule has 0 aliphatic carbocycles. The number of aromatic nitrogens is 1. The van der Waals surface area contributed by atoms with Gasteiger partial charge in [-0.1, -0.05) is 42.5 Å². The Kier molecular flexibility index (Phi) is 6.11. The molecule has 1 N–H and O–H groups in total. The maximum Gasteiger partial charge on any atom is 0.230 e.